The third-order valence-corrected chi connectivity index (χ3v) is 7.41. The summed E-state index contributed by atoms with van der Waals surface area (Å²) in [5, 5.41) is 5.90. The van der Waals surface area contributed by atoms with E-state index in [2.05, 4.69) is 52.4 Å². The topological polar surface area (TPSA) is 80.5 Å². The Labute approximate surface area is 195 Å². The lowest BCUT2D eigenvalue weighted by molar-refractivity contribution is -0.122. The summed E-state index contributed by atoms with van der Waals surface area (Å²) < 4.78 is 0. The van der Waals surface area contributed by atoms with Gasteiger partial charge in [-0.25, -0.2) is 0 Å². The summed E-state index contributed by atoms with van der Waals surface area (Å²) in [6.45, 7) is 10.3. The number of aryl methyl sites for hydroxylation is 1. The van der Waals surface area contributed by atoms with Gasteiger partial charge in [0.25, 0.3) is 5.91 Å². The Morgan fingerprint density at radius 3 is 2.64 bits per heavy atom. The van der Waals surface area contributed by atoms with Gasteiger partial charge in [-0.15, -0.1) is 0 Å². The molecule has 1 aromatic heterocycles. The monoisotopic (exact) mass is 447 g/mol. The summed E-state index contributed by atoms with van der Waals surface area (Å²) >= 11 is 0. The second kappa shape index (κ2) is 8.80. The first kappa shape index (κ1) is 21.9. The Hall–Kier alpha value is -2.90. The predicted octanol–water partition coefficient (Wildman–Crippen LogP) is 2.55. The number of anilines is 1. The highest BCUT2D eigenvalue weighted by Crippen LogP contribution is 2.35. The molecule has 4 heterocycles. The molecular weight excluding hydrogens is 414 g/mol. The molecule has 5 rings (SSSR count). The van der Waals surface area contributed by atoms with E-state index in [1.54, 1.807) is 0 Å². The molecule has 1 atom stereocenters. The zero-order valence-corrected chi connectivity index (χ0v) is 19.8. The lowest BCUT2D eigenvalue weighted by atomic mass is 9.95. The summed E-state index contributed by atoms with van der Waals surface area (Å²) in [6.07, 6.45) is 3.56. The van der Waals surface area contributed by atoms with Gasteiger partial charge >= 0.3 is 0 Å². The second-order valence-corrected chi connectivity index (χ2v) is 9.72. The SMILES string of the molecule is Cc1[nH]c(C=C2C(=O)Nc3ccc(CC4CCNC4=O)cc32)c(C)c1CN1CCN(C)CC1. The predicted molar refractivity (Wildman–Crippen MR) is 131 cm³/mol. The number of carbonyl (C=O) groups is 2. The molecule has 0 saturated carbocycles. The molecule has 0 radical (unpaired) electrons. The van der Waals surface area contributed by atoms with E-state index in [0.717, 1.165) is 73.9 Å². The van der Waals surface area contributed by atoms with Gasteiger partial charge in [0, 0.05) is 67.8 Å². The molecule has 33 heavy (non-hydrogen) atoms. The molecule has 3 aliphatic heterocycles. The standard InChI is InChI=1S/C26H33N5O2/c1-16-22(15-31-10-8-30(3)9-11-31)17(2)28-24(16)14-21-20-13-18(4-5-23(20)29-26(21)33)12-19-6-7-27-25(19)32/h4-5,13-14,19,28H,6-12,15H2,1-3H3,(H,27,32)(H,29,33). The minimum absolute atomic E-state index is 0.0194. The van der Waals surface area contributed by atoms with Crippen molar-refractivity contribution in [2.45, 2.75) is 33.2 Å². The molecule has 3 aliphatic rings. The van der Waals surface area contributed by atoms with Gasteiger partial charge in [0.05, 0.1) is 5.57 Å². The van der Waals surface area contributed by atoms with Crippen LogP contribution in [0.3, 0.4) is 0 Å². The van der Waals surface area contributed by atoms with Gasteiger partial charge < -0.3 is 20.5 Å². The number of likely N-dealkylation sites (N-methyl/N-ethyl adjacent to an activating group) is 1. The fourth-order valence-electron chi connectivity index (χ4n) is 5.20. The number of nitrogens with one attached hydrogen (secondary N) is 3. The number of rotatable bonds is 5. The van der Waals surface area contributed by atoms with E-state index in [0.29, 0.717) is 12.0 Å². The summed E-state index contributed by atoms with van der Waals surface area (Å²) in [5.41, 5.74) is 8.22. The molecule has 0 bridgehead atoms. The third kappa shape index (κ3) is 4.35. The summed E-state index contributed by atoms with van der Waals surface area (Å²) in [4.78, 5) is 33.2. The second-order valence-electron chi connectivity index (χ2n) is 9.72. The Morgan fingerprint density at radius 1 is 1.12 bits per heavy atom. The minimum Gasteiger partial charge on any atom is -0.359 e. The van der Waals surface area contributed by atoms with Gasteiger partial charge in [0.1, 0.15) is 0 Å². The number of aromatic nitrogens is 1. The Balaban J connectivity index is 1.40. The molecule has 7 nitrogen and oxygen atoms in total. The van der Waals surface area contributed by atoms with Crippen molar-refractivity contribution in [2.24, 2.45) is 5.92 Å². The van der Waals surface area contributed by atoms with Crippen molar-refractivity contribution < 1.29 is 9.59 Å². The normalized spacial score (nSPS) is 22.6. The highest BCUT2D eigenvalue weighted by atomic mass is 16.2. The van der Waals surface area contributed by atoms with Crippen molar-refractivity contribution >= 4 is 29.2 Å². The van der Waals surface area contributed by atoms with Crippen molar-refractivity contribution in [3.05, 3.63) is 51.8 Å². The van der Waals surface area contributed by atoms with Crippen LogP contribution in [-0.2, 0) is 22.6 Å². The van der Waals surface area contributed by atoms with Crippen LogP contribution in [0.2, 0.25) is 0 Å². The number of H-pyrrole nitrogens is 1. The van der Waals surface area contributed by atoms with Crippen LogP contribution < -0.4 is 10.6 Å². The molecule has 7 heteroatoms. The summed E-state index contributed by atoms with van der Waals surface area (Å²) in [6, 6.07) is 6.05. The van der Waals surface area contributed by atoms with Crippen molar-refractivity contribution in [2.75, 3.05) is 45.1 Å². The van der Waals surface area contributed by atoms with Crippen molar-refractivity contribution in [3.8, 4) is 0 Å². The van der Waals surface area contributed by atoms with Crippen molar-refractivity contribution in [1.82, 2.24) is 20.1 Å². The highest BCUT2D eigenvalue weighted by molar-refractivity contribution is 6.34. The van der Waals surface area contributed by atoms with Gasteiger partial charge in [-0.2, -0.15) is 0 Å². The molecule has 2 saturated heterocycles. The Bertz CT molecular complexity index is 1120. The molecule has 1 aromatic carbocycles. The maximum Gasteiger partial charge on any atom is 0.256 e. The number of nitrogens with zero attached hydrogens (tertiary/aromatic N) is 2. The van der Waals surface area contributed by atoms with E-state index in [1.807, 2.05) is 18.2 Å². The van der Waals surface area contributed by atoms with Crippen molar-refractivity contribution in [3.63, 3.8) is 0 Å². The van der Waals surface area contributed by atoms with Crippen LogP contribution in [0.15, 0.2) is 18.2 Å². The molecule has 0 spiro atoms. The molecule has 3 N–H and O–H groups in total. The van der Waals surface area contributed by atoms with Gasteiger partial charge in [0.15, 0.2) is 0 Å². The Kier molecular flexibility index (Phi) is 5.85. The number of piperazine rings is 1. The zero-order chi connectivity index (χ0) is 23.1. The van der Waals surface area contributed by atoms with E-state index >= 15 is 0 Å². The Morgan fingerprint density at radius 2 is 1.91 bits per heavy atom. The molecular formula is C26H33N5O2. The summed E-state index contributed by atoms with van der Waals surface area (Å²) in [5.74, 6) is 0.0739. The first-order valence-corrected chi connectivity index (χ1v) is 11.9. The summed E-state index contributed by atoms with van der Waals surface area (Å²) in [7, 11) is 2.17. The zero-order valence-electron chi connectivity index (χ0n) is 19.8. The fourth-order valence-corrected chi connectivity index (χ4v) is 5.20. The van der Waals surface area contributed by atoms with Gasteiger partial charge in [-0.3, -0.25) is 14.5 Å². The first-order chi connectivity index (χ1) is 15.9. The van der Waals surface area contributed by atoms with E-state index in [4.69, 9.17) is 0 Å². The van der Waals surface area contributed by atoms with E-state index in [1.165, 1.54) is 11.1 Å². The molecule has 2 fully saturated rings. The van der Waals surface area contributed by atoms with Gasteiger partial charge in [-0.05, 0) is 68.6 Å². The molecule has 1 unspecified atom stereocenters. The van der Waals surface area contributed by atoms with Crippen LogP contribution >= 0.6 is 0 Å². The van der Waals surface area contributed by atoms with Crippen LogP contribution in [0.1, 0.15) is 40.1 Å². The molecule has 174 valence electrons. The van der Waals surface area contributed by atoms with E-state index < -0.39 is 0 Å². The quantitative estimate of drug-likeness (QED) is 0.616. The average Bonchev–Trinajstić information content (AvgIpc) is 3.42. The first-order valence-electron chi connectivity index (χ1n) is 11.9. The smallest absolute Gasteiger partial charge is 0.256 e. The lowest BCUT2D eigenvalue weighted by Crippen LogP contribution is -2.44. The van der Waals surface area contributed by atoms with Crippen molar-refractivity contribution in [1.29, 1.82) is 0 Å². The third-order valence-electron chi connectivity index (χ3n) is 7.41. The number of aromatic amines is 1. The number of benzene rings is 1. The fraction of sp³-hybridized carbons (Fsp3) is 0.462. The molecule has 2 amide bonds. The average molecular weight is 448 g/mol. The number of carbonyl (C=O) groups excluding carboxylic acids is 2. The minimum atomic E-state index is -0.0759. The van der Waals surface area contributed by atoms with Crippen LogP contribution in [0.4, 0.5) is 5.69 Å². The van der Waals surface area contributed by atoms with Crippen LogP contribution in [-0.4, -0.2) is 66.4 Å². The molecule has 2 aromatic rings. The van der Waals surface area contributed by atoms with Gasteiger partial charge in [-0.1, -0.05) is 6.07 Å². The van der Waals surface area contributed by atoms with Gasteiger partial charge in [0.2, 0.25) is 5.91 Å². The van der Waals surface area contributed by atoms with Crippen LogP contribution in [0.5, 0.6) is 0 Å². The lowest BCUT2D eigenvalue weighted by Gasteiger charge is -2.32. The van der Waals surface area contributed by atoms with E-state index in [-0.39, 0.29) is 17.7 Å². The van der Waals surface area contributed by atoms with E-state index in [9.17, 15) is 9.59 Å². The number of amides is 2. The number of fused-ring (bicyclic) bond motifs is 1. The maximum atomic E-state index is 12.8. The number of hydrogen-bond acceptors (Lipinski definition) is 4. The molecule has 0 aliphatic carbocycles. The number of hydrogen-bond donors (Lipinski definition) is 3. The maximum absolute atomic E-state index is 12.8. The van der Waals surface area contributed by atoms with Crippen LogP contribution in [0, 0.1) is 19.8 Å². The highest BCUT2D eigenvalue weighted by Gasteiger charge is 2.28. The van der Waals surface area contributed by atoms with Crippen LogP contribution in [0.25, 0.3) is 11.6 Å². The largest absolute Gasteiger partial charge is 0.359 e.